The zero-order valence-electron chi connectivity index (χ0n) is 10.8. The predicted molar refractivity (Wildman–Crippen MR) is 73.2 cm³/mol. The average Bonchev–Trinajstić information content (AvgIpc) is 2.61. The van der Waals surface area contributed by atoms with Crippen LogP contribution in [0.25, 0.3) is 5.76 Å². The lowest BCUT2D eigenvalue weighted by atomic mass is 9.98. The number of Topliss-reactive ketones (excluding diaryl/α,β-unsaturated/α-hetero) is 1. The lowest BCUT2D eigenvalue weighted by molar-refractivity contribution is -0.138. The van der Waals surface area contributed by atoms with E-state index < -0.39 is 11.6 Å². The van der Waals surface area contributed by atoms with Gasteiger partial charge in [0, 0.05) is 10.0 Å². The van der Waals surface area contributed by atoms with Crippen LogP contribution in [0.2, 0.25) is 0 Å². The van der Waals surface area contributed by atoms with E-state index in [9.17, 15) is 9.59 Å². The Morgan fingerprint density at radius 3 is 2.37 bits per heavy atom. The number of ketones is 1. The van der Waals surface area contributed by atoms with Gasteiger partial charge in [-0.1, -0.05) is 28.1 Å². The Morgan fingerprint density at radius 1 is 1.26 bits per heavy atom. The van der Waals surface area contributed by atoms with Crippen molar-refractivity contribution < 1.29 is 19.1 Å². The van der Waals surface area contributed by atoms with E-state index in [0.717, 1.165) is 4.47 Å². The molecule has 0 atom stereocenters. The van der Waals surface area contributed by atoms with E-state index >= 15 is 0 Å². The van der Waals surface area contributed by atoms with E-state index in [4.69, 9.17) is 4.74 Å². The van der Waals surface area contributed by atoms with Crippen LogP contribution < -0.4 is 0 Å². The second-order valence-electron chi connectivity index (χ2n) is 4.64. The molecule has 4 nitrogen and oxygen atoms in total. The molecule has 0 aromatic heterocycles. The third-order valence-corrected chi connectivity index (χ3v) is 3.38. The Labute approximate surface area is 119 Å². The molecular weight excluding hydrogens is 312 g/mol. The second-order valence-corrected chi connectivity index (χ2v) is 5.56. The van der Waals surface area contributed by atoms with Crippen LogP contribution >= 0.6 is 15.9 Å². The number of benzene rings is 1. The molecule has 1 aliphatic heterocycles. The number of methoxy groups -OCH3 is 1. The van der Waals surface area contributed by atoms with Crippen LogP contribution in [0.3, 0.4) is 0 Å². The molecule has 5 heteroatoms. The Bertz CT molecular complexity index is 570. The molecule has 1 aromatic rings. The summed E-state index contributed by atoms with van der Waals surface area (Å²) in [5.41, 5.74) is -0.413. The minimum absolute atomic E-state index is 0.0326. The molecule has 1 aromatic carbocycles. The highest BCUT2D eigenvalue weighted by atomic mass is 79.9. The van der Waals surface area contributed by atoms with Crippen LogP contribution in [0.15, 0.2) is 34.3 Å². The largest absolute Gasteiger partial charge is 0.478 e. The minimum atomic E-state index is -1.05. The topological polar surface area (TPSA) is 52.6 Å². The smallest absolute Gasteiger partial charge is 0.345 e. The standard InChI is InChI=1S/C14H13BrO4/c1-14(2)12(16)10(13(17)18-3)11(19-14)8-4-6-9(15)7-5-8/h4-7H,1-3H3. The van der Waals surface area contributed by atoms with Crippen LogP contribution in [0.5, 0.6) is 0 Å². The van der Waals surface area contributed by atoms with Gasteiger partial charge in [0.2, 0.25) is 5.78 Å². The van der Waals surface area contributed by atoms with Gasteiger partial charge in [0.05, 0.1) is 7.11 Å². The SMILES string of the molecule is COC(=O)C1=C(c2ccc(Br)cc2)OC(C)(C)C1=O. The van der Waals surface area contributed by atoms with Crippen molar-refractivity contribution in [1.29, 1.82) is 0 Å². The molecule has 1 heterocycles. The lowest BCUT2D eigenvalue weighted by Gasteiger charge is -2.17. The molecule has 1 aliphatic rings. The number of rotatable bonds is 2. The zero-order valence-corrected chi connectivity index (χ0v) is 12.4. The van der Waals surface area contributed by atoms with E-state index in [1.807, 2.05) is 12.1 Å². The Hall–Kier alpha value is -1.62. The van der Waals surface area contributed by atoms with Crippen LogP contribution in [0, 0.1) is 0 Å². The molecule has 0 bridgehead atoms. The van der Waals surface area contributed by atoms with Crippen molar-refractivity contribution in [3.05, 3.63) is 39.9 Å². The number of ether oxygens (including phenoxy) is 2. The predicted octanol–water partition coefficient (Wildman–Crippen LogP) is 2.71. The van der Waals surface area contributed by atoms with Crippen molar-refractivity contribution in [2.45, 2.75) is 19.4 Å². The molecule has 0 saturated heterocycles. The van der Waals surface area contributed by atoms with E-state index in [-0.39, 0.29) is 17.1 Å². The highest BCUT2D eigenvalue weighted by Gasteiger charge is 2.45. The first kappa shape index (κ1) is 13.8. The third-order valence-electron chi connectivity index (χ3n) is 2.85. The van der Waals surface area contributed by atoms with Gasteiger partial charge in [-0.05, 0) is 26.0 Å². The van der Waals surface area contributed by atoms with Gasteiger partial charge >= 0.3 is 5.97 Å². The summed E-state index contributed by atoms with van der Waals surface area (Å²) >= 11 is 3.33. The van der Waals surface area contributed by atoms with E-state index in [0.29, 0.717) is 5.56 Å². The number of carbonyl (C=O) groups is 2. The molecule has 19 heavy (non-hydrogen) atoms. The van der Waals surface area contributed by atoms with Gasteiger partial charge in [-0.25, -0.2) is 4.79 Å². The summed E-state index contributed by atoms with van der Waals surface area (Å²) in [5, 5.41) is 0. The van der Waals surface area contributed by atoms with Crippen LogP contribution in [0.4, 0.5) is 0 Å². The first-order valence-corrected chi connectivity index (χ1v) is 6.48. The summed E-state index contributed by atoms with van der Waals surface area (Å²) in [6, 6.07) is 7.18. The number of carbonyl (C=O) groups excluding carboxylic acids is 2. The van der Waals surface area contributed by atoms with Crippen molar-refractivity contribution in [3.8, 4) is 0 Å². The van der Waals surface area contributed by atoms with Crippen LogP contribution in [0.1, 0.15) is 19.4 Å². The zero-order chi connectivity index (χ0) is 14.2. The molecule has 0 saturated carbocycles. The highest BCUT2D eigenvalue weighted by Crippen LogP contribution is 2.37. The first-order chi connectivity index (χ1) is 8.86. The molecule has 0 amide bonds. The maximum atomic E-state index is 12.2. The summed E-state index contributed by atoms with van der Waals surface area (Å²) < 4.78 is 11.2. The first-order valence-electron chi connectivity index (χ1n) is 5.69. The van der Waals surface area contributed by atoms with E-state index in [2.05, 4.69) is 20.7 Å². The van der Waals surface area contributed by atoms with E-state index in [1.165, 1.54) is 7.11 Å². The molecule has 0 N–H and O–H groups in total. The summed E-state index contributed by atoms with van der Waals surface area (Å²) in [6.45, 7) is 3.26. The Kier molecular flexibility index (Phi) is 3.49. The fourth-order valence-corrected chi connectivity index (χ4v) is 2.11. The minimum Gasteiger partial charge on any atom is -0.478 e. The summed E-state index contributed by atoms with van der Waals surface area (Å²) in [7, 11) is 1.24. The van der Waals surface area contributed by atoms with Crippen molar-refractivity contribution in [2.75, 3.05) is 7.11 Å². The molecule has 100 valence electrons. The van der Waals surface area contributed by atoms with Gasteiger partial charge in [0.1, 0.15) is 11.3 Å². The Balaban J connectivity index is 2.55. The Morgan fingerprint density at radius 2 is 1.84 bits per heavy atom. The number of halogens is 1. The molecule has 0 unspecified atom stereocenters. The summed E-state index contributed by atoms with van der Waals surface area (Å²) in [5.74, 6) is -0.764. The number of hydrogen-bond donors (Lipinski definition) is 0. The number of hydrogen-bond acceptors (Lipinski definition) is 4. The fourth-order valence-electron chi connectivity index (χ4n) is 1.85. The highest BCUT2D eigenvalue weighted by molar-refractivity contribution is 9.10. The molecule has 0 fully saturated rings. The van der Waals surface area contributed by atoms with Gasteiger partial charge in [-0.15, -0.1) is 0 Å². The van der Waals surface area contributed by atoms with Crippen LogP contribution in [-0.4, -0.2) is 24.5 Å². The van der Waals surface area contributed by atoms with Crippen molar-refractivity contribution >= 4 is 33.4 Å². The summed E-state index contributed by atoms with van der Waals surface area (Å²) in [4.78, 5) is 24.0. The quantitative estimate of drug-likeness (QED) is 0.620. The maximum absolute atomic E-state index is 12.2. The molecular formula is C14H13BrO4. The van der Waals surface area contributed by atoms with Gasteiger partial charge in [0.15, 0.2) is 5.60 Å². The van der Waals surface area contributed by atoms with Crippen molar-refractivity contribution in [2.24, 2.45) is 0 Å². The molecule has 2 rings (SSSR count). The van der Waals surface area contributed by atoms with Gasteiger partial charge in [-0.3, -0.25) is 4.79 Å². The van der Waals surface area contributed by atoms with E-state index in [1.54, 1.807) is 26.0 Å². The van der Waals surface area contributed by atoms with Crippen molar-refractivity contribution in [3.63, 3.8) is 0 Å². The van der Waals surface area contributed by atoms with Gasteiger partial charge < -0.3 is 9.47 Å². The fraction of sp³-hybridized carbons (Fsp3) is 0.286. The monoisotopic (exact) mass is 324 g/mol. The normalized spacial score (nSPS) is 17.4. The second kappa shape index (κ2) is 4.81. The average molecular weight is 325 g/mol. The lowest BCUT2D eigenvalue weighted by Crippen LogP contribution is -2.31. The maximum Gasteiger partial charge on any atom is 0.345 e. The van der Waals surface area contributed by atoms with Gasteiger partial charge in [0.25, 0.3) is 0 Å². The third kappa shape index (κ3) is 2.42. The molecule has 0 radical (unpaired) electrons. The number of esters is 1. The molecule has 0 aliphatic carbocycles. The molecule has 0 spiro atoms. The van der Waals surface area contributed by atoms with Gasteiger partial charge in [-0.2, -0.15) is 0 Å². The summed E-state index contributed by atoms with van der Waals surface area (Å²) in [6.07, 6.45) is 0. The van der Waals surface area contributed by atoms with Crippen molar-refractivity contribution in [1.82, 2.24) is 0 Å². The van der Waals surface area contributed by atoms with Crippen LogP contribution in [-0.2, 0) is 19.1 Å².